The van der Waals surface area contributed by atoms with Crippen LogP contribution in [-0.4, -0.2) is 36.1 Å². The number of furan rings is 1. The third-order valence-electron chi connectivity index (χ3n) is 3.82. The highest BCUT2D eigenvalue weighted by Gasteiger charge is 2.30. The Morgan fingerprint density at radius 1 is 1.29 bits per heavy atom. The van der Waals surface area contributed by atoms with Crippen molar-refractivity contribution in [1.82, 2.24) is 4.90 Å². The van der Waals surface area contributed by atoms with Crippen molar-refractivity contribution < 1.29 is 18.3 Å². The molecule has 1 aliphatic rings. The summed E-state index contributed by atoms with van der Waals surface area (Å²) in [7, 11) is 0. The number of para-hydroxylation sites is 1. The zero-order valence-electron chi connectivity index (χ0n) is 12.4. The third-order valence-corrected chi connectivity index (χ3v) is 3.82. The van der Waals surface area contributed by atoms with Crippen molar-refractivity contribution in [1.29, 1.82) is 0 Å². The van der Waals surface area contributed by atoms with Gasteiger partial charge in [0.25, 0.3) is 5.91 Å². The van der Waals surface area contributed by atoms with Gasteiger partial charge in [0, 0.05) is 24.0 Å². The average Bonchev–Trinajstić information content (AvgIpc) is 2.76. The largest absolute Gasteiger partial charge is 0.448 e. The lowest BCUT2D eigenvalue weighted by Gasteiger charge is -2.34. The molecular weight excluding hydrogens is 273 g/mol. The number of fused-ring (bicyclic) bond motifs is 1. The number of benzene rings is 1. The van der Waals surface area contributed by atoms with E-state index in [1.54, 1.807) is 24.0 Å². The second-order valence-corrected chi connectivity index (χ2v) is 5.64. The Bertz CT molecular complexity index is 684. The summed E-state index contributed by atoms with van der Waals surface area (Å²) < 4.78 is 24.9. The van der Waals surface area contributed by atoms with Gasteiger partial charge in [-0.1, -0.05) is 12.1 Å². The first kappa shape index (κ1) is 14.1. The first-order valence-corrected chi connectivity index (χ1v) is 7.09. The fourth-order valence-corrected chi connectivity index (χ4v) is 2.90. The van der Waals surface area contributed by atoms with Gasteiger partial charge in [-0.3, -0.25) is 4.79 Å². The van der Waals surface area contributed by atoms with Crippen LogP contribution in [0.4, 0.5) is 4.39 Å². The standard InChI is InChI=1S/C16H18FNO3/c1-9-7-18(8-10(2)20-9)16(19)14-11(3)12-5-4-6-13(17)15(12)21-14/h4-6,9-10H,7-8H2,1-3H3/t9-,10-/m1/s1. The van der Waals surface area contributed by atoms with Gasteiger partial charge in [-0.25, -0.2) is 4.39 Å². The molecule has 1 aromatic heterocycles. The molecule has 0 N–H and O–H groups in total. The molecule has 1 amide bonds. The fraction of sp³-hybridized carbons (Fsp3) is 0.438. The Balaban J connectivity index is 1.98. The van der Waals surface area contributed by atoms with Crippen LogP contribution in [0.25, 0.3) is 11.0 Å². The molecule has 3 rings (SSSR count). The van der Waals surface area contributed by atoms with Crippen LogP contribution in [0.15, 0.2) is 22.6 Å². The summed E-state index contributed by atoms with van der Waals surface area (Å²) in [6.45, 7) is 6.68. The molecule has 0 saturated carbocycles. The smallest absolute Gasteiger partial charge is 0.290 e. The van der Waals surface area contributed by atoms with Crippen LogP contribution in [0.3, 0.4) is 0 Å². The highest BCUT2D eigenvalue weighted by atomic mass is 19.1. The molecule has 5 heteroatoms. The van der Waals surface area contributed by atoms with Gasteiger partial charge >= 0.3 is 0 Å². The number of nitrogens with zero attached hydrogens (tertiary/aromatic N) is 1. The van der Waals surface area contributed by atoms with Gasteiger partial charge in [0.15, 0.2) is 17.2 Å². The number of hydrogen-bond donors (Lipinski definition) is 0. The van der Waals surface area contributed by atoms with Crippen LogP contribution in [0.2, 0.25) is 0 Å². The van der Waals surface area contributed by atoms with Gasteiger partial charge in [0.05, 0.1) is 12.2 Å². The lowest BCUT2D eigenvalue weighted by molar-refractivity contribution is -0.0592. The van der Waals surface area contributed by atoms with Crippen LogP contribution in [0.5, 0.6) is 0 Å². The molecule has 0 unspecified atom stereocenters. The van der Waals surface area contributed by atoms with Gasteiger partial charge in [-0.15, -0.1) is 0 Å². The highest BCUT2D eigenvalue weighted by molar-refractivity contribution is 5.99. The summed E-state index contributed by atoms with van der Waals surface area (Å²) >= 11 is 0. The lowest BCUT2D eigenvalue weighted by atomic mass is 10.1. The Kier molecular flexibility index (Phi) is 3.45. The van der Waals surface area contributed by atoms with E-state index >= 15 is 0 Å². The van der Waals surface area contributed by atoms with E-state index < -0.39 is 5.82 Å². The topological polar surface area (TPSA) is 42.7 Å². The third kappa shape index (κ3) is 2.42. The minimum absolute atomic E-state index is 0.0147. The summed E-state index contributed by atoms with van der Waals surface area (Å²) in [6, 6.07) is 4.71. The lowest BCUT2D eigenvalue weighted by Crippen LogP contribution is -2.48. The second kappa shape index (κ2) is 5.15. The maximum absolute atomic E-state index is 13.8. The van der Waals surface area contributed by atoms with Crippen LogP contribution in [0.1, 0.15) is 30.0 Å². The van der Waals surface area contributed by atoms with Crippen LogP contribution >= 0.6 is 0 Å². The van der Waals surface area contributed by atoms with E-state index in [2.05, 4.69) is 0 Å². The Morgan fingerprint density at radius 2 is 1.95 bits per heavy atom. The van der Waals surface area contributed by atoms with Crippen LogP contribution in [0, 0.1) is 12.7 Å². The molecular formula is C16H18FNO3. The van der Waals surface area contributed by atoms with Crippen LogP contribution in [-0.2, 0) is 4.74 Å². The molecule has 0 spiro atoms. The number of carbonyl (C=O) groups is 1. The van der Waals surface area contributed by atoms with Gasteiger partial charge in [0.2, 0.25) is 0 Å². The normalized spacial score (nSPS) is 22.8. The SMILES string of the molecule is Cc1c(C(=O)N2C[C@@H](C)O[C@H](C)C2)oc2c(F)cccc12. The number of hydrogen-bond acceptors (Lipinski definition) is 3. The van der Waals surface area contributed by atoms with Crippen molar-refractivity contribution >= 4 is 16.9 Å². The molecule has 0 bridgehead atoms. The Hall–Kier alpha value is -1.88. The highest BCUT2D eigenvalue weighted by Crippen LogP contribution is 2.28. The molecule has 2 atom stereocenters. The van der Waals surface area contributed by atoms with Gasteiger partial charge in [-0.05, 0) is 26.8 Å². The summed E-state index contributed by atoms with van der Waals surface area (Å²) in [6.07, 6.45) is -0.0294. The predicted octanol–water partition coefficient (Wildman–Crippen LogP) is 3.13. The quantitative estimate of drug-likeness (QED) is 0.810. The van der Waals surface area contributed by atoms with E-state index in [1.165, 1.54) is 6.07 Å². The molecule has 21 heavy (non-hydrogen) atoms. The molecule has 1 aromatic carbocycles. The second-order valence-electron chi connectivity index (χ2n) is 5.64. The monoisotopic (exact) mass is 291 g/mol. The van der Waals surface area contributed by atoms with Crippen LogP contribution < -0.4 is 0 Å². The summed E-state index contributed by atoms with van der Waals surface area (Å²) in [4.78, 5) is 14.4. The molecule has 0 radical (unpaired) electrons. The minimum Gasteiger partial charge on any atom is -0.448 e. The molecule has 1 aliphatic heterocycles. The van der Waals surface area contributed by atoms with Crippen molar-refractivity contribution in [2.45, 2.75) is 33.0 Å². The zero-order valence-corrected chi connectivity index (χ0v) is 12.4. The Labute approximate surface area is 122 Å². The molecule has 1 fully saturated rings. The average molecular weight is 291 g/mol. The Morgan fingerprint density at radius 3 is 2.57 bits per heavy atom. The number of rotatable bonds is 1. The van der Waals surface area contributed by atoms with Gasteiger partial charge < -0.3 is 14.1 Å². The van der Waals surface area contributed by atoms with E-state index in [4.69, 9.17) is 9.15 Å². The van der Waals surface area contributed by atoms with Crippen molar-refractivity contribution in [2.75, 3.05) is 13.1 Å². The number of carbonyl (C=O) groups excluding carboxylic acids is 1. The number of morpholine rings is 1. The number of ether oxygens (including phenoxy) is 1. The predicted molar refractivity (Wildman–Crippen MR) is 76.8 cm³/mol. The first-order valence-electron chi connectivity index (χ1n) is 7.09. The van der Waals surface area contributed by atoms with Gasteiger partial charge in [-0.2, -0.15) is 0 Å². The molecule has 2 heterocycles. The van der Waals surface area contributed by atoms with Crippen molar-refractivity contribution in [3.05, 3.63) is 35.3 Å². The molecule has 0 aliphatic carbocycles. The molecule has 4 nitrogen and oxygen atoms in total. The molecule has 1 saturated heterocycles. The number of amides is 1. The van der Waals surface area contributed by atoms with E-state index in [0.717, 1.165) is 0 Å². The zero-order chi connectivity index (χ0) is 15.1. The maximum atomic E-state index is 13.8. The number of halogens is 1. The molecule has 112 valence electrons. The van der Waals surface area contributed by atoms with Crippen molar-refractivity contribution in [3.8, 4) is 0 Å². The summed E-state index contributed by atoms with van der Waals surface area (Å²) in [5.41, 5.74) is 0.828. The van der Waals surface area contributed by atoms with Gasteiger partial charge in [0.1, 0.15) is 0 Å². The fourth-order valence-electron chi connectivity index (χ4n) is 2.90. The van der Waals surface area contributed by atoms with Crippen molar-refractivity contribution in [2.24, 2.45) is 0 Å². The summed E-state index contributed by atoms with van der Waals surface area (Å²) in [5.74, 6) is -0.431. The van der Waals surface area contributed by atoms with Crippen molar-refractivity contribution in [3.63, 3.8) is 0 Å². The molecule has 2 aromatic rings. The summed E-state index contributed by atoms with van der Waals surface area (Å²) in [5, 5.41) is 0.646. The minimum atomic E-state index is -0.446. The first-order chi connectivity index (χ1) is 9.97. The number of aryl methyl sites for hydroxylation is 1. The van der Waals surface area contributed by atoms with E-state index in [9.17, 15) is 9.18 Å². The maximum Gasteiger partial charge on any atom is 0.290 e. The van der Waals surface area contributed by atoms with E-state index in [0.29, 0.717) is 24.0 Å². The van der Waals surface area contributed by atoms with E-state index in [1.807, 2.05) is 13.8 Å². The van der Waals surface area contributed by atoms with E-state index in [-0.39, 0.29) is 29.5 Å².